The summed E-state index contributed by atoms with van der Waals surface area (Å²) in [6.07, 6.45) is 3.19. The summed E-state index contributed by atoms with van der Waals surface area (Å²) in [5.41, 5.74) is 0. The van der Waals surface area contributed by atoms with Gasteiger partial charge in [0.05, 0.1) is 6.33 Å². The molecular formula is C5H10N2O7P2. The fourth-order valence-corrected chi connectivity index (χ4v) is 3.48. The Kier molecular flexibility index (Phi) is 3.71. The van der Waals surface area contributed by atoms with Crippen LogP contribution in [0.25, 0.3) is 0 Å². The Bertz CT molecular complexity index is 434. The normalized spacial score (nSPS) is 17.1. The predicted octanol–water partition coefficient (Wildman–Crippen LogP) is -0.945. The van der Waals surface area contributed by atoms with E-state index in [1.54, 1.807) is 0 Å². The molecule has 0 saturated carbocycles. The lowest BCUT2D eigenvalue weighted by Gasteiger charge is -2.25. The molecule has 0 bridgehead atoms. The van der Waals surface area contributed by atoms with E-state index in [4.69, 9.17) is 19.6 Å². The molecule has 11 heteroatoms. The number of imidazole rings is 1. The molecular weight excluding hydrogens is 262 g/mol. The van der Waals surface area contributed by atoms with Crippen LogP contribution in [0, 0.1) is 0 Å². The highest BCUT2D eigenvalue weighted by Crippen LogP contribution is 2.58. The molecule has 0 radical (unpaired) electrons. The van der Waals surface area contributed by atoms with Gasteiger partial charge in [0, 0.05) is 12.4 Å². The second-order valence-corrected chi connectivity index (χ2v) is 6.43. The van der Waals surface area contributed by atoms with Gasteiger partial charge in [-0.15, -0.1) is 0 Å². The van der Waals surface area contributed by atoms with E-state index in [9.17, 15) is 14.2 Å². The minimum Gasteiger partial charge on any atom is -0.378 e. The Balaban J connectivity index is 3.18. The molecule has 16 heavy (non-hydrogen) atoms. The monoisotopic (exact) mass is 272 g/mol. The lowest BCUT2D eigenvalue weighted by Crippen LogP contribution is -2.23. The third kappa shape index (κ3) is 2.99. The van der Waals surface area contributed by atoms with E-state index in [1.165, 1.54) is 0 Å². The number of aliphatic hydroxyl groups excluding tert-OH is 1. The van der Waals surface area contributed by atoms with Crippen molar-refractivity contribution in [3.05, 3.63) is 18.7 Å². The number of aliphatic hydroxyl groups is 1. The highest BCUT2D eigenvalue weighted by molar-refractivity contribution is 7.56. The van der Waals surface area contributed by atoms with Gasteiger partial charge in [0.1, 0.15) is 0 Å². The highest BCUT2D eigenvalue weighted by Gasteiger charge is 2.45. The minimum atomic E-state index is -5.04. The number of hydrogen-bond donors (Lipinski definition) is 5. The fourth-order valence-electron chi connectivity index (χ4n) is 1.10. The maximum atomic E-state index is 11.1. The summed E-state index contributed by atoms with van der Waals surface area (Å²) in [4.78, 5) is 38.8. The van der Waals surface area contributed by atoms with Crippen molar-refractivity contribution < 1.29 is 33.8 Å². The van der Waals surface area contributed by atoms with Crippen molar-refractivity contribution in [3.8, 4) is 0 Å². The van der Waals surface area contributed by atoms with Gasteiger partial charge in [0.2, 0.25) is 0 Å². The molecule has 0 aliphatic rings. The van der Waals surface area contributed by atoms with Gasteiger partial charge in [-0.3, -0.25) is 9.13 Å². The summed E-state index contributed by atoms with van der Waals surface area (Å²) in [6, 6.07) is 0. The zero-order valence-corrected chi connectivity index (χ0v) is 9.52. The van der Waals surface area contributed by atoms with Crippen molar-refractivity contribution in [2.75, 3.05) is 0 Å². The number of aromatic nitrogens is 2. The first-order chi connectivity index (χ1) is 7.14. The van der Waals surface area contributed by atoms with Crippen LogP contribution < -0.4 is 0 Å². The van der Waals surface area contributed by atoms with Crippen molar-refractivity contribution in [3.63, 3.8) is 0 Å². The first-order valence-electron chi connectivity index (χ1n) is 3.90. The molecule has 0 spiro atoms. The Morgan fingerprint density at radius 1 is 1.12 bits per heavy atom. The molecule has 1 rings (SSSR count). The molecule has 2 unspecified atom stereocenters. The van der Waals surface area contributed by atoms with E-state index in [-0.39, 0.29) is 0 Å². The van der Waals surface area contributed by atoms with Crippen molar-refractivity contribution >= 4 is 15.2 Å². The van der Waals surface area contributed by atoms with E-state index >= 15 is 0 Å². The quantitative estimate of drug-likeness (QED) is 0.440. The van der Waals surface area contributed by atoms with Crippen LogP contribution in [0.1, 0.15) is 5.78 Å². The van der Waals surface area contributed by atoms with Gasteiger partial charge in [-0.2, -0.15) is 0 Å². The lowest BCUT2D eigenvalue weighted by atomic mass is 10.6. The van der Waals surface area contributed by atoms with Crippen LogP contribution in [0.5, 0.6) is 0 Å². The second kappa shape index (κ2) is 4.38. The molecule has 5 N–H and O–H groups in total. The average Bonchev–Trinajstić information content (AvgIpc) is 2.52. The summed E-state index contributed by atoms with van der Waals surface area (Å²) in [5, 5.41) is 9.25. The summed E-state index contributed by atoms with van der Waals surface area (Å²) in [7, 11) is -9.97. The van der Waals surface area contributed by atoms with E-state index in [1.807, 2.05) is 0 Å². The Hall–Kier alpha value is -0.530. The van der Waals surface area contributed by atoms with E-state index in [2.05, 4.69) is 4.98 Å². The summed E-state index contributed by atoms with van der Waals surface area (Å²) in [5.74, 6) is -4.56. The standard InChI is InChI=1S/C5H10N2O7P2/c8-5(16(12,13)14)4(15(9,10)11)7-2-1-6-3-7/h1-5,8H,(H2,9,10,11)(H2,12,13,14). The molecule has 1 aromatic heterocycles. The van der Waals surface area contributed by atoms with Crippen molar-refractivity contribution in [1.82, 2.24) is 9.55 Å². The Morgan fingerprint density at radius 3 is 2.00 bits per heavy atom. The maximum absolute atomic E-state index is 11.1. The number of hydrogen-bond acceptors (Lipinski definition) is 4. The van der Waals surface area contributed by atoms with Crippen LogP contribution in [0.4, 0.5) is 0 Å². The van der Waals surface area contributed by atoms with Gasteiger partial charge in [0.15, 0.2) is 11.6 Å². The van der Waals surface area contributed by atoms with Gasteiger partial charge in [-0.1, -0.05) is 0 Å². The van der Waals surface area contributed by atoms with Gasteiger partial charge in [0.25, 0.3) is 0 Å². The smallest absolute Gasteiger partial charge is 0.356 e. The molecule has 0 aromatic carbocycles. The van der Waals surface area contributed by atoms with E-state index < -0.39 is 26.8 Å². The van der Waals surface area contributed by atoms with Crippen molar-refractivity contribution in [1.29, 1.82) is 0 Å². The Morgan fingerprint density at radius 2 is 1.69 bits per heavy atom. The number of rotatable bonds is 4. The highest BCUT2D eigenvalue weighted by atomic mass is 31.2. The van der Waals surface area contributed by atoms with Crippen molar-refractivity contribution in [2.45, 2.75) is 11.6 Å². The molecule has 2 atom stereocenters. The van der Waals surface area contributed by atoms with Gasteiger partial charge < -0.3 is 29.2 Å². The Labute approximate surface area is 89.7 Å². The van der Waals surface area contributed by atoms with Crippen LogP contribution >= 0.6 is 15.2 Å². The van der Waals surface area contributed by atoms with Gasteiger partial charge in [-0.25, -0.2) is 4.98 Å². The predicted molar refractivity (Wildman–Crippen MR) is 51.4 cm³/mol. The topological polar surface area (TPSA) is 153 Å². The SMILES string of the molecule is O=P(O)(O)C(O)C(n1ccnc1)P(=O)(O)O. The molecule has 0 aliphatic heterocycles. The lowest BCUT2D eigenvalue weighted by molar-refractivity contribution is 0.163. The average molecular weight is 272 g/mol. The van der Waals surface area contributed by atoms with Crippen LogP contribution in [0.3, 0.4) is 0 Å². The molecule has 1 aromatic rings. The summed E-state index contributed by atoms with van der Waals surface area (Å²) >= 11 is 0. The largest absolute Gasteiger partial charge is 0.378 e. The molecule has 1 heterocycles. The van der Waals surface area contributed by atoms with E-state index in [0.29, 0.717) is 0 Å². The summed E-state index contributed by atoms with van der Waals surface area (Å²) < 4.78 is 22.6. The molecule has 0 saturated heterocycles. The third-order valence-electron chi connectivity index (χ3n) is 1.79. The second-order valence-electron chi connectivity index (χ2n) is 3.02. The van der Waals surface area contributed by atoms with Gasteiger partial charge in [-0.05, 0) is 0 Å². The van der Waals surface area contributed by atoms with Crippen LogP contribution in [0.15, 0.2) is 18.7 Å². The first-order valence-corrected chi connectivity index (χ1v) is 7.26. The van der Waals surface area contributed by atoms with Gasteiger partial charge >= 0.3 is 15.2 Å². The zero-order valence-electron chi connectivity index (χ0n) is 7.73. The molecule has 0 aliphatic carbocycles. The third-order valence-corrected chi connectivity index (χ3v) is 4.23. The molecule has 0 amide bonds. The maximum Gasteiger partial charge on any atom is 0.356 e. The van der Waals surface area contributed by atoms with Crippen LogP contribution in [-0.2, 0) is 9.13 Å². The molecule has 0 fully saturated rings. The minimum absolute atomic E-state index is 0.754. The first kappa shape index (κ1) is 13.5. The van der Waals surface area contributed by atoms with Crippen molar-refractivity contribution in [2.24, 2.45) is 0 Å². The molecule has 92 valence electrons. The zero-order chi connectivity index (χ0) is 12.6. The fraction of sp³-hybridized carbons (Fsp3) is 0.400. The number of nitrogens with zero attached hydrogens (tertiary/aromatic N) is 2. The van der Waals surface area contributed by atoms with E-state index in [0.717, 1.165) is 23.3 Å². The van der Waals surface area contributed by atoms with Crippen LogP contribution in [0.2, 0.25) is 0 Å². The van der Waals surface area contributed by atoms with Crippen LogP contribution in [-0.4, -0.2) is 40.1 Å². The molecule has 9 nitrogen and oxygen atoms in total. The summed E-state index contributed by atoms with van der Waals surface area (Å²) in [6.45, 7) is 0.